The molecule has 0 aromatic heterocycles. The molecule has 0 aliphatic carbocycles. The van der Waals surface area contributed by atoms with Gasteiger partial charge >= 0.3 is 0 Å². The Morgan fingerprint density at radius 3 is 2.65 bits per heavy atom. The van der Waals surface area contributed by atoms with Gasteiger partial charge in [-0.1, -0.05) is 44.0 Å². The van der Waals surface area contributed by atoms with Gasteiger partial charge in [-0.15, -0.1) is 0 Å². The molecular weight excluding hydrogens is 270 g/mol. The molecule has 1 rings (SSSR count). The SMILES string of the molecule is CCCCN(CCC(=O)c1cccc(Cl)c1)C(C)CC. The summed E-state index contributed by atoms with van der Waals surface area (Å²) in [6, 6.07) is 7.76. The molecule has 0 spiro atoms. The summed E-state index contributed by atoms with van der Waals surface area (Å²) in [5.74, 6) is 0.178. The van der Waals surface area contributed by atoms with E-state index in [2.05, 4.69) is 25.7 Å². The fourth-order valence-corrected chi connectivity index (χ4v) is 2.41. The minimum atomic E-state index is 0.178. The van der Waals surface area contributed by atoms with Gasteiger partial charge in [-0.2, -0.15) is 0 Å². The third kappa shape index (κ3) is 5.64. The molecule has 0 amide bonds. The molecule has 0 saturated heterocycles. The molecular formula is C17H26ClNO. The Balaban J connectivity index is 2.55. The lowest BCUT2D eigenvalue weighted by Gasteiger charge is -2.28. The summed E-state index contributed by atoms with van der Waals surface area (Å²) in [5.41, 5.74) is 0.720. The molecule has 1 unspecified atom stereocenters. The lowest BCUT2D eigenvalue weighted by Crippen LogP contribution is -2.35. The van der Waals surface area contributed by atoms with Crippen LogP contribution in [0.2, 0.25) is 5.02 Å². The minimum absolute atomic E-state index is 0.178. The molecule has 0 saturated carbocycles. The maximum absolute atomic E-state index is 12.2. The average molecular weight is 296 g/mol. The Labute approximate surface area is 128 Å². The van der Waals surface area contributed by atoms with Crippen LogP contribution in [0.1, 0.15) is 56.8 Å². The highest BCUT2D eigenvalue weighted by molar-refractivity contribution is 6.31. The third-order valence-corrected chi connectivity index (χ3v) is 4.02. The number of Topliss-reactive ketones (excluding diaryl/α,β-unsaturated/α-hetero) is 1. The molecule has 0 radical (unpaired) electrons. The molecule has 1 atom stereocenters. The van der Waals surface area contributed by atoms with E-state index in [0.29, 0.717) is 17.5 Å². The van der Waals surface area contributed by atoms with Gasteiger partial charge in [0, 0.05) is 29.6 Å². The van der Waals surface area contributed by atoms with Crippen molar-refractivity contribution in [3.05, 3.63) is 34.9 Å². The first-order valence-electron chi connectivity index (χ1n) is 7.61. The van der Waals surface area contributed by atoms with Gasteiger partial charge in [0.2, 0.25) is 0 Å². The van der Waals surface area contributed by atoms with Crippen LogP contribution in [0.25, 0.3) is 0 Å². The number of carbonyl (C=O) groups is 1. The topological polar surface area (TPSA) is 20.3 Å². The minimum Gasteiger partial charge on any atom is -0.300 e. The van der Waals surface area contributed by atoms with E-state index in [9.17, 15) is 4.79 Å². The monoisotopic (exact) mass is 295 g/mol. The molecule has 0 aliphatic rings. The van der Waals surface area contributed by atoms with Gasteiger partial charge in [0.1, 0.15) is 0 Å². The second-order valence-corrected chi connectivity index (χ2v) is 5.77. The maximum atomic E-state index is 12.2. The van der Waals surface area contributed by atoms with Crippen molar-refractivity contribution in [2.75, 3.05) is 13.1 Å². The standard InChI is InChI=1S/C17H26ClNO/c1-4-6-11-19(14(3)5-2)12-10-17(20)15-8-7-9-16(18)13-15/h7-9,13-14H,4-6,10-12H2,1-3H3. The number of halogens is 1. The summed E-state index contributed by atoms with van der Waals surface area (Å²) < 4.78 is 0. The zero-order chi connectivity index (χ0) is 15.0. The Morgan fingerprint density at radius 1 is 1.30 bits per heavy atom. The Bertz CT molecular complexity index is 419. The first-order valence-corrected chi connectivity index (χ1v) is 7.99. The lowest BCUT2D eigenvalue weighted by atomic mass is 10.1. The normalized spacial score (nSPS) is 12.7. The van der Waals surface area contributed by atoms with Crippen molar-refractivity contribution >= 4 is 17.4 Å². The van der Waals surface area contributed by atoms with Gasteiger partial charge in [0.15, 0.2) is 5.78 Å². The van der Waals surface area contributed by atoms with Crippen LogP contribution in [0.4, 0.5) is 0 Å². The van der Waals surface area contributed by atoms with Crippen molar-refractivity contribution in [1.29, 1.82) is 0 Å². The van der Waals surface area contributed by atoms with Gasteiger partial charge in [0.05, 0.1) is 0 Å². The van der Waals surface area contributed by atoms with Crippen LogP contribution in [-0.2, 0) is 0 Å². The van der Waals surface area contributed by atoms with E-state index < -0.39 is 0 Å². The smallest absolute Gasteiger partial charge is 0.164 e. The molecule has 0 heterocycles. The summed E-state index contributed by atoms with van der Waals surface area (Å²) in [7, 11) is 0. The summed E-state index contributed by atoms with van der Waals surface area (Å²) >= 11 is 5.93. The fraction of sp³-hybridized carbons (Fsp3) is 0.588. The Kier molecular flexibility index (Phi) is 7.86. The molecule has 20 heavy (non-hydrogen) atoms. The second-order valence-electron chi connectivity index (χ2n) is 5.33. The molecule has 1 aromatic rings. The highest BCUT2D eigenvalue weighted by atomic mass is 35.5. The zero-order valence-electron chi connectivity index (χ0n) is 12.9. The van der Waals surface area contributed by atoms with Crippen LogP contribution >= 0.6 is 11.6 Å². The molecule has 112 valence electrons. The van der Waals surface area contributed by atoms with E-state index >= 15 is 0 Å². The molecule has 0 aliphatic heterocycles. The van der Waals surface area contributed by atoms with Crippen molar-refractivity contribution in [2.24, 2.45) is 0 Å². The number of hydrogen-bond acceptors (Lipinski definition) is 2. The van der Waals surface area contributed by atoms with Crippen molar-refractivity contribution in [2.45, 2.75) is 52.5 Å². The number of carbonyl (C=O) groups excluding carboxylic acids is 1. The summed E-state index contributed by atoms with van der Waals surface area (Å²) in [6.45, 7) is 8.54. The third-order valence-electron chi connectivity index (χ3n) is 3.79. The first kappa shape index (κ1) is 17.2. The number of unbranched alkanes of at least 4 members (excludes halogenated alkanes) is 1. The van der Waals surface area contributed by atoms with E-state index in [4.69, 9.17) is 11.6 Å². The number of nitrogens with zero attached hydrogens (tertiary/aromatic N) is 1. The van der Waals surface area contributed by atoms with Crippen molar-refractivity contribution in [3.63, 3.8) is 0 Å². The summed E-state index contributed by atoms with van der Waals surface area (Å²) in [6.07, 6.45) is 4.06. The van der Waals surface area contributed by atoms with Gasteiger partial charge in [-0.05, 0) is 38.4 Å². The highest BCUT2D eigenvalue weighted by Gasteiger charge is 2.14. The van der Waals surface area contributed by atoms with Crippen LogP contribution in [-0.4, -0.2) is 29.8 Å². The van der Waals surface area contributed by atoms with Crippen molar-refractivity contribution < 1.29 is 4.79 Å². The van der Waals surface area contributed by atoms with Crippen LogP contribution < -0.4 is 0 Å². The second kappa shape index (κ2) is 9.15. The molecule has 0 N–H and O–H groups in total. The fourth-order valence-electron chi connectivity index (χ4n) is 2.22. The van der Waals surface area contributed by atoms with Crippen LogP contribution in [0.15, 0.2) is 24.3 Å². The molecule has 0 bridgehead atoms. The molecule has 1 aromatic carbocycles. The first-order chi connectivity index (χ1) is 9.58. The van der Waals surface area contributed by atoms with E-state index in [0.717, 1.165) is 25.1 Å². The van der Waals surface area contributed by atoms with Gasteiger partial charge in [0.25, 0.3) is 0 Å². The average Bonchev–Trinajstić information content (AvgIpc) is 2.46. The predicted molar refractivity (Wildman–Crippen MR) is 86.6 cm³/mol. The maximum Gasteiger partial charge on any atom is 0.164 e. The van der Waals surface area contributed by atoms with E-state index in [1.54, 1.807) is 12.1 Å². The zero-order valence-corrected chi connectivity index (χ0v) is 13.6. The highest BCUT2D eigenvalue weighted by Crippen LogP contribution is 2.14. The van der Waals surface area contributed by atoms with Crippen LogP contribution in [0, 0.1) is 0 Å². The van der Waals surface area contributed by atoms with E-state index in [-0.39, 0.29) is 5.78 Å². The molecule has 0 fully saturated rings. The number of benzene rings is 1. The van der Waals surface area contributed by atoms with Gasteiger partial charge in [-0.3, -0.25) is 4.79 Å². The Morgan fingerprint density at radius 2 is 2.05 bits per heavy atom. The lowest BCUT2D eigenvalue weighted by molar-refractivity contribution is 0.0951. The quantitative estimate of drug-likeness (QED) is 0.609. The molecule has 3 heteroatoms. The number of ketones is 1. The Hall–Kier alpha value is -0.860. The number of rotatable bonds is 9. The largest absolute Gasteiger partial charge is 0.300 e. The number of hydrogen-bond donors (Lipinski definition) is 0. The van der Waals surface area contributed by atoms with Crippen molar-refractivity contribution in [3.8, 4) is 0 Å². The van der Waals surface area contributed by atoms with Crippen LogP contribution in [0.3, 0.4) is 0 Å². The molecule has 2 nitrogen and oxygen atoms in total. The van der Waals surface area contributed by atoms with Crippen molar-refractivity contribution in [1.82, 2.24) is 4.90 Å². The predicted octanol–water partition coefficient (Wildman–Crippen LogP) is 4.81. The van der Waals surface area contributed by atoms with E-state index in [1.165, 1.54) is 12.8 Å². The van der Waals surface area contributed by atoms with Crippen LogP contribution in [0.5, 0.6) is 0 Å². The van der Waals surface area contributed by atoms with Gasteiger partial charge in [-0.25, -0.2) is 0 Å². The summed E-state index contributed by atoms with van der Waals surface area (Å²) in [4.78, 5) is 14.6. The van der Waals surface area contributed by atoms with Gasteiger partial charge < -0.3 is 4.90 Å². The summed E-state index contributed by atoms with van der Waals surface area (Å²) in [5, 5.41) is 0.626. The van der Waals surface area contributed by atoms with E-state index in [1.807, 2.05) is 12.1 Å².